The molecule has 2 aliphatic heterocycles. The zero-order chi connectivity index (χ0) is 21.1. The number of nitrogens with zero attached hydrogens (tertiary/aromatic N) is 2. The number of allylic oxidation sites excluding steroid dienone is 1. The average Bonchev–Trinajstić information content (AvgIpc) is 2.73. The molecule has 1 saturated heterocycles. The summed E-state index contributed by atoms with van der Waals surface area (Å²) in [6.45, 7) is 5.36. The fourth-order valence-electron chi connectivity index (χ4n) is 4.07. The van der Waals surface area contributed by atoms with Gasteiger partial charge in [-0.2, -0.15) is 13.2 Å². The van der Waals surface area contributed by atoms with E-state index in [1.165, 1.54) is 23.9 Å². The second kappa shape index (κ2) is 9.14. The summed E-state index contributed by atoms with van der Waals surface area (Å²) in [5.41, 5.74) is 1.18. The van der Waals surface area contributed by atoms with Gasteiger partial charge in [-0.1, -0.05) is 42.1 Å². The van der Waals surface area contributed by atoms with Gasteiger partial charge in [0.05, 0.1) is 12.2 Å². The van der Waals surface area contributed by atoms with E-state index < -0.39 is 11.7 Å². The molecule has 0 amide bonds. The van der Waals surface area contributed by atoms with Crippen LogP contribution in [0.3, 0.4) is 0 Å². The highest BCUT2D eigenvalue weighted by atomic mass is 32.2. The molecule has 0 aromatic heterocycles. The number of rotatable bonds is 5. The second-order valence-electron chi connectivity index (χ2n) is 7.66. The lowest BCUT2D eigenvalue weighted by molar-refractivity contribution is -0.137. The van der Waals surface area contributed by atoms with Crippen LogP contribution < -0.4 is 0 Å². The molecule has 2 aromatic rings. The Morgan fingerprint density at radius 2 is 1.67 bits per heavy atom. The Hall–Kier alpha value is -1.80. The van der Waals surface area contributed by atoms with Crippen molar-refractivity contribution in [3.8, 4) is 0 Å². The highest BCUT2D eigenvalue weighted by molar-refractivity contribution is 7.99. The zero-order valence-corrected chi connectivity index (χ0v) is 17.4. The summed E-state index contributed by atoms with van der Waals surface area (Å²) in [4.78, 5) is 6.55. The summed E-state index contributed by atoms with van der Waals surface area (Å²) in [7, 11) is 0. The van der Waals surface area contributed by atoms with E-state index in [4.69, 9.17) is 5.11 Å². The van der Waals surface area contributed by atoms with Crippen molar-refractivity contribution in [2.45, 2.75) is 21.9 Å². The zero-order valence-electron chi connectivity index (χ0n) is 16.6. The van der Waals surface area contributed by atoms with E-state index in [0.29, 0.717) is 6.54 Å². The van der Waals surface area contributed by atoms with Gasteiger partial charge in [0.15, 0.2) is 0 Å². The molecular weight excluding hydrogens is 409 g/mol. The van der Waals surface area contributed by atoms with Crippen LogP contribution in [0, 0.1) is 0 Å². The Balaban J connectivity index is 1.54. The van der Waals surface area contributed by atoms with Crippen molar-refractivity contribution >= 4 is 11.8 Å². The summed E-state index contributed by atoms with van der Waals surface area (Å²) in [5, 5.41) is 9.06. The first-order valence-corrected chi connectivity index (χ1v) is 11.0. The number of hydrogen-bond donors (Lipinski definition) is 1. The number of halogens is 3. The van der Waals surface area contributed by atoms with Crippen LogP contribution in [0.2, 0.25) is 0 Å². The number of alkyl halides is 3. The number of piperazine rings is 1. The molecule has 1 N–H and O–H groups in total. The van der Waals surface area contributed by atoms with E-state index in [1.807, 2.05) is 24.3 Å². The molecule has 0 radical (unpaired) electrons. The molecule has 0 bridgehead atoms. The standard InChI is InChI=1S/C23H25F3N2OS/c24-23(25,26)17-7-8-22-20(16-17)18(19-4-1-2-6-21(19)30-22)5-3-9-27-10-12-28(13-11-27)14-15-29/h1-8,16,18,29H,9-15H2/b5-3+. The molecule has 1 unspecified atom stereocenters. The van der Waals surface area contributed by atoms with E-state index in [0.717, 1.165) is 53.6 Å². The van der Waals surface area contributed by atoms with Crippen LogP contribution in [-0.2, 0) is 6.18 Å². The molecule has 0 spiro atoms. The number of hydrogen-bond acceptors (Lipinski definition) is 4. The minimum absolute atomic E-state index is 0.179. The third kappa shape index (κ3) is 4.75. The van der Waals surface area contributed by atoms with Crippen molar-refractivity contribution < 1.29 is 18.3 Å². The SMILES string of the molecule is OCCN1CCN(C/C=C/C2c3ccccc3Sc3ccc(C(F)(F)F)cc32)CC1. The highest BCUT2D eigenvalue weighted by Crippen LogP contribution is 2.47. The summed E-state index contributed by atoms with van der Waals surface area (Å²) in [6.07, 6.45) is -0.208. The largest absolute Gasteiger partial charge is 0.416 e. The average molecular weight is 435 g/mol. The monoisotopic (exact) mass is 434 g/mol. The topological polar surface area (TPSA) is 26.7 Å². The minimum atomic E-state index is -4.35. The number of β-amino-alcohol motifs (C(OH)–C–C–N with tert-alkyl or cyclic N) is 1. The van der Waals surface area contributed by atoms with E-state index in [1.54, 1.807) is 6.07 Å². The number of aliphatic hydroxyl groups is 1. The van der Waals surface area contributed by atoms with Crippen LogP contribution in [0.15, 0.2) is 64.4 Å². The van der Waals surface area contributed by atoms with Gasteiger partial charge >= 0.3 is 6.18 Å². The molecule has 4 rings (SSSR count). The first-order valence-electron chi connectivity index (χ1n) is 10.2. The van der Waals surface area contributed by atoms with Gasteiger partial charge < -0.3 is 5.11 Å². The lowest BCUT2D eigenvalue weighted by Gasteiger charge is -2.33. The lowest BCUT2D eigenvalue weighted by Crippen LogP contribution is -2.47. The van der Waals surface area contributed by atoms with Crippen molar-refractivity contribution in [2.24, 2.45) is 0 Å². The van der Waals surface area contributed by atoms with Crippen LogP contribution in [0.4, 0.5) is 13.2 Å². The van der Waals surface area contributed by atoms with Crippen molar-refractivity contribution in [3.63, 3.8) is 0 Å². The van der Waals surface area contributed by atoms with Crippen molar-refractivity contribution in [3.05, 3.63) is 71.3 Å². The third-order valence-corrected chi connectivity index (χ3v) is 6.90. The van der Waals surface area contributed by atoms with Gasteiger partial charge in [0, 0.05) is 55.0 Å². The highest BCUT2D eigenvalue weighted by Gasteiger charge is 2.33. The Kier molecular flexibility index (Phi) is 6.53. The van der Waals surface area contributed by atoms with Gasteiger partial charge in [0.25, 0.3) is 0 Å². The molecule has 1 atom stereocenters. The molecule has 0 saturated carbocycles. The third-order valence-electron chi connectivity index (χ3n) is 5.72. The van der Waals surface area contributed by atoms with Crippen molar-refractivity contribution in [1.29, 1.82) is 0 Å². The minimum Gasteiger partial charge on any atom is -0.395 e. The van der Waals surface area contributed by atoms with Gasteiger partial charge in [0.2, 0.25) is 0 Å². The van der Waals surface area contributed by atoms with Gasteiger partial charge in [-0.3, -0.25) is 9.80 Å². The summed E-state index contributed by atoms with van der Waals surface area (Å²) >= 11 is 1.53. The van der Waals surface area contributed by atoms with Crippen molar-refractivity contribution in [2.75, 3.05) is 45.9 Å². The quantitative estimate of drug-likeness (QED) is 0.703. The smallest absolute Gasteiger partial charge is 0.395 e. The predicted octanol–water partition coefficient (Wildman–Crippen LogP) is 4.47. The Bertz CT molecular complexity index is 908. The second-order valence-corrected chi connectivity index (χ2v) is 8.75. The Labute approximate surface area is 179 Å². The first-order chi connectivity index (χ1) is 14.5. The molecule has 1 fully saturated rings. The molecule has 30 heavy (non-hydrogen) atoms. The van der Waals surface area contributed by atoms with Gasteiger partial charge in [-0.15, -0.1) is 0 Å². The van der Waals surface area contributed by atoms with Crippen LogP contribution in [0.5, 0.6) is 0 Å². The number of fused-ring (bicyclic) bond motifs is 2. The summed E-state index contributed by atoms with van der Waals surface area (Å²) < 4.78 is 39.9. The molecule has 2 heterocycles. The summed E-state index contributed by atoms with van der Waals surface area (Å²) in [6, 6.07) is 12.0. The molecule has 2 aromatic carbocycles. The fourth-order valence-corrected chi connectivity index (χ4v) is 5.20. The van der Waals surface area contributed by atoms with E-state index in [-0.39, 0.29) is 12.5 Å². The number of aliphatic hydroxyl groups excluding tert-OH is 1. The number of benzene rings is 2. The maximum absolute atomic E-state index is 13.3. The molecule has 160 valence electrons. The van der Waals surface area contributed by atoms with E-state index in [9.17, 15) is 13.2 Å². The van der Waals surface area contributed by atoms with Crippen LogP contribution in [-0.4, -0.2) is 60.8 Å². The predicted molar refractivity (Wildman–Crippen MR) is 113 cm³/mol. The van der Waals surface area contributed by atoms with E-state index >= 15 is 0 Å². The van der Waals surface area contributed by atoms with Crippen molar-refractivity contribution in [1.82, 2.24) is 9.80 Å². The Morgan fingerprint density at radius 1 is 0.967 bits per heavy atom. The maximum Gasteiger partial charge on any atom is 0.416 e. The fraction of sp³-hybridized carbons (Fsp3) is 0.391. The molecule has 0 aliphatic carbocycles. The van der Waals surface area contributed by atoms with Gasteiger partial charge in [-0.05, 0) is 35.4 Å². The first kappa shape index (κ1) is 21.4. The normalized spacial score (nSPS) is 20.3. The molecular formula is C23H25F3N2OS. The maximum atomic E-state index is 13.3. The van der Waals surface area contributed by atoms with Crippen LogP contribution in [0.1, 0.15) is 22.6 Å². The Morgan fingerprint density at radius 3 is 2.40 bits per heavy atom. The molecule has 7 heteroatoms. The van der Waals surface area contributed by atoms with Gasteiger partial charge in [0.1, 0.15) is 0 Å². The molecule has 3 nitrogen and oxygen atoms in total. The summed E-state index contributed by atoms with van der Waals surface area (Å²) in [5.74, 6) is -0.185. The van der Waals surface area contributed by atoms with E-state index in [2.05, 4.69) is 22.0 Å². The molecule has 2 aliphatic rings. The van der Waals surface area contributed by atoms with Crippen LogP contribution >= 0.6 is 11.8 Å². The van der Waals surface area contributed by atoms with Gasteiger partial charge in [-0.25, -0.2) is 0 Å². The lowest BCUT2D eigenvalue weighted by atomic mass is 9.89. The van der Waals surface area contributed by atoms with Crippen LogP contribution in [0.25, 0.3) is 0 Å².